The fourth-order valence-electron chi connectivity index (χ4n) is 3.03. The van der Waals surface area contributed by atoms with Crippen LogP contribution in [0.25, 0.3) is 16.9 Å². The van der Waals surface area contributed by atoms with Gasteiger partial charge < -0.3 is 5.73 Å². The number of nitrogens with zero attached hydrogens (tertiary/aromatic N) is 2. The zero-order valence-corrected chi connectivity index (χ0v) is 16.5. The molecule has 1 amide bonds. The second-order valence-electron chi connectivity index (χ2n) is 6.60. The lowest BCUT2D eigenvalue weighted by Gasteiger charge is -2.11. The molecule has 4 N–H and O–H groups in total. The number of aromatic nitrogens is 2. The molecule has 0 radical (unpaired) electrons. The van der Waals surface area contributed by atoms with Crippen LogP contribution in [0.3, 0.4) is 0 Å². The summed E-state index contributed by atoms with van der Waals surface area (Å²) in [4.78, 5) is 11.0. The van der Waals surface area contributed by atoms with E-state index in [1.54, 1.807) is 0 Å². The van der Waals surface area contributed by atoms with Crippen LogP contribution in [-0.4, -0.2) is 24.1 Å². The van der Waals surface area contributed by atoms with E-state index in [4.69, 9.17) is 10.9 Å². The Bertz CT molecular complexity index is 1220. The zero-order chi connectivity index (χ0) is 23.0. The highest BCUT2D eigenvalue weighted by molar-refractivity contribution is 7.89. The Morgan fingerprint density at radius 2 is 1.61 bits per heavy atom. The fourth-order valence-corrected chi connectivity index (χ4v) is 3.55. The van der Waals surface area contributed by atoms with Crippen molar-refractivity contribution in [1.29, 1.82) is 0 Å². The number of benzene rings is 2. The van der Waals surface area contributed by atoms with E-state index in [1.165, 1.54) is 24.3 Å². The molecule has 164 valence electrons. The van der Waals surface area contributed by atoms with Crippen molar-refractivity contribution in [2.75, 3.05) is 0 Å². The van der Waals surface area contributed by atoms with Gasteiger partial charge in [0.15, 0.2) is 5.69 Å². The van der Waals surface area contributed by atoms with E-state index < -0.39 is 33.6 Å². The van der Waals surface area contributed by atoms with Gasteiger partial charge >= 0.3 is 6.18 Å². The summed E-state index contributed by atoms with van der Waals surface area (Å²) >= 11 is 0. The van der Waals surface area contributed by atoms with Crippen LogP contribution in [0.4, 0.5) is 17.6 Å². The van der Waals surface area contributed by atoms with Crippen LogP contribution in [-0.2, 0) is 27.4 Å². The predicted octanol–water partition coefficient (Wildman–Crippen LogP) is 2.76. The minimum Gasteiger partial charge on any atom is -0.370 e. The van der Waals surface area contributed by atoms with Crippen molar-refractivity contribution in [2.24, 2.45) is 10.9 Å². The highest BCUT2D eigenvalue weighted by Crippen LogP contribution is 2.38. The molecule has 31 heavy (non-hydrogen) atoms. The molecule has 0 aliphatic heterocycles. The number of nitrogens with two attached hydrogens (primary N) is 2. The van der Waals surface area contributed by atoms with Crippen LogP contribution < -0.4 is 10.9 Å². The van der Waals surface area contributed by atoms with Crippen molar-refractivity contribution in [3.63, 3.8) is 0 Å². The highest BCUT2D eigenvalue weighted by Gasteiger charge is 2.39. The number of primary sulfonamides is 1. The van der Waals surface area contributed by atoms with Gasteiger partial charge in [-0.3, -0.25) is 4.79 Å². The summed E-state index contributed by atoms with van der Waals surface area (Å²) < 4.78 is 78.5. The molecule has 0 saturated carbocycles. The topological polar surface area (TPSA) is 121 Å². The number of carbonyl (C=O) groups excluding carboxylic acids is 1. The summed E-state index contributed by atoms with van der Waals surface area (Å²) in [5.74, 6) is -1.40. The Hall–Kier alpha value is -3.25. The van der Waals surface area contributed by atoms with E-state index in [1.807, 2.05) is 0 Å². The summed E-state index contributed by atoms with van der Waals surface area (Å²) in [6.07, 6.45) is -5.58. The van der Waals surface area contributed by atoms with Crippen LogP contribution in [0.2, 0.25) is 0 Å². The molecular weight excluding hydrogens is 440 g/mol. The van der Waals surface area contributed by atoms with Gasteiger partial charge in [0, 0.05) is 17.5 Å². The quantitative estimate of drug-likeness (QED) is 0.554. The molecule has 0 saturated heterocycles. The maximum atomic E-state index is 13.7. The van der Waals surface area contributed by atoms with E-state index in [0.29, 0.717) is 0 Å². The lowest BCUT2D eigenvalue weighted by atomic mass is 10.0. The summed E-state index contributed by atoms with van der Waals surface area (Å²) in [5, 5.41) is 8.74. The maximum absolute atomic E-state index is 13.7. The molecule has 3 rings (SSSR count). The molecule has 0 aliphatic rings. The number of halogens is 4. The van der Waals surface area contributed by atoms with Gasteiger partial charge in [-0.2, -0.15) is 18.3 Å². The molecule has 0 atom stereocenters. The van der Waals surface area contributed by atoms with Crippen molar-refractivity contribution in [3.05, 3.63) is 65.6 Å². The summed E-state index contributed by atoms with van der Waals surface area (Å²) in [7, 11) is -4.02. The Balaban J connectivity index is 2.28. The van der Waals surface area contributed by atoms with Crippen molar-refractivity contribution in [3.8, 4) is 16.9 Å². The van der Waals surface area contributed by atoms with Gasteiger partial charge in [-0.15, -0.1) is 0 Å². The molecule has 0 bridgehead atoms. The second kappa shape index (κ2) is 8.12. The SMILES string of the molecule is NC(=O)CCc1c(C(F)(F)F)nn(-c2ccc(S(N)(=O)=O)cc2)c1-c1ccc(F)cc1. The first-order valence-electron chi connectivity index (χ1n) is 8.74. The number of rotatable bonds is 6. The Morgan fingerprint density at radius 1 is 1.03 bits per heavy atom. The standard InChI is InChI=1S/C19H16F4N4O3S/c20-12-3-1-11(2-4-12)17-15(9-10-16(24)28)18(19(21,22)23)26-27(17)13-5-7-14(8-6-13)31(25,29)30/h1-8H,9-10H2,(H2,24,28)(H2,25,29,30). The Morgan fingerprint density at radius 3 is 2.10 bits per heavy atom. The molecule has 1 aromatic heterocycles. The molecule has 0 spiro atoms. The first-order chi connectivity index (χ1) is 14.4. The molecule has 7 nitrogen and oxygen atoms in total. The van der Waals surface area contributed by atoms with Crippen LogP contribution in [0.15, 0.2) is 53.4 Å². The molecule has 0 fully saturated rings. The number of primary amides is 1. The van der Waals surface area contributed by atoms with E-state index in [2.05, 4.69) is 5.10 Å². The van der Waals surface area contributed by atoms with E-state index in [0.717, 1.165) is 28.9 Å². The number of sulfonamides is 1. The smallest absolute Gasteiger partial charge is 0.370 e. The van der Waals surface area contributed by atoms with Gasteiger partial charge in [-0.1, -0.05) is 0 Å². The van der Waals surface area contributed by atoms with E-state index in [9.17, 15) is 30.8 Å². The molecule has 3 aromatic rings. The lowest BCUT2D eigenvalue weighted by molar-refractivity contribution is -0.142. The number of carbonyl (C=O) groups is 1. The van der Waals surface area contributed by atoms with Gasteiger partial charge in [-0.05, 0) is 55.0 Å². The van der Waals surface area contributed by atoms with Gasteiger partial charge in [0.1, 0.15) is 5.82 Å². The maximum Gasteiger partial charge on any atom is 0.435 e. The minimum absolute atomic E-state index is 0.0306. The van der Waals surface area contributed by atoms with Gasteiger partial charge in [0.05, 0.1) is 16.3 Å². The summed E-state index contributed by atoms with van der Waals surface area (Å²) in [5.41, 5.74) is 3.86. The summed E-state index contributed by atoms with van der Waals surface area (Å²) in [6.45, 7) is 0. The number of alkyl halides is 3. The average molecular weight is 456 g/mol. The van der Waals surface area contributed by atoms with Gasteiger partial charge in [-0.25, -0.2) is 22.6 Å². The molecule has 12 heteroatoms. The van der Waals surface area contributed by atoms with Gasteiger partial charge in [0.25, 0.3) is 0 Å². The molecular formula is C19H16F4N4O3S. The normalized spacial score (nSPS) is 12.2. The van der Waals surface area contributed by atoms with Crippen molar-refractivity contribution in [2.45, 2.75) is 23.9 Å². The Kier molecular flexibility index (Phi) is 5.87. The Labute approximate surface area is 174 Å². The van der Waals surface area contributed by atoms with Crippen LogP contribution in [0.5, 0.6) is 0 Å². The fraction of sp³-hybridized carbons (Fsp3) is 0.158. The second-order valence-corrected chi connectivity index (χ2v) is 8.16. The summed E-state index contributed by atoms with van der Waals surface area (Å²) in [6, 6.07) is 9.40. The van der Waals surface area contributed by atoms with Crippen molar-refractivity contribution < 1.29 is 30.8 Å². The van der Waals surface area contributed by atoms with Gasteiger partial charge in [0.2, 0.25) is 15.9 Å². The largest absolute Gasteiger partial charge is 0.435 e. The molecule has 2 aromatic carbocycles. The third-order valence-corrected chi connectivity index (χ3v) is 5.33. The molecule has 1 heterocycles. The van der Waals surface area contributed by atoms with E-state index >= 15 is 0 Å². The lowest BCUT2D eigenvalue weighted by Crippen LogP contribution is -2.14. The first kappa shape index (κ1) is 22.4. The third-order valence-electron chi connectivity index (χ3n) is 4.40. The monoisotopic (exact) mass is 456 g/mol. The minimum atomic E-state index is -4.85. The van der Waals surface area contributed by atoms with Crippen molar-refractivity contribution >= 4 is 15.9 Å². The zero-order valence-electron chi connectivity index (χ0n) is 15.7. The highest BCUT2D eigenvalue weighted by atomic mass is 32.2. The molecule has 0 aliphatic carbocycles. The number of amides is 1. The van der Waals surface area contributed by atoms with E-state index in [-0.39, 0.29) is 40.2 Å². The third kappa shape index (κ3) is 4.91. The first-order valence-corrected chi connectivity index (χ1v) is 10.3. The average Bonchev–Trinajstić information content (AvgIpc) is 3.06. The van der Waals surface area contributed by atoms with Crippen LogP contribution >= 0.6 is 0 Å². The predicted molar refractivity (Wildman–Crippen MR) is 103 cm³/mol. The number of hydrogen-bond donors (Lipinski definition) is 2. The van der Waals surface area contributed by atoms with Crippen LogP contribution in [0.1, 0.15) is 17.7 Å². The van der Waals surface area contributed by atoms with Crippen molar-refractivity contribution in [1.82, 2.24) is 9.78 Å². The molecule has 0 unspecified atom stereocenters. The van der Waals surface area contributed by atoms with Crippen LogP contribution in [0, 0.1) is 5.82 Å². The number of hydrogen-bond acceptors (Lipinski definition) is 4.